The number of nitrogens with zero attached hydrogens (tertiary/aromatic N) is 2. The van der Waals surface area contributed by atoms with E-state index in [0.29, 0.717) is 22.9 Å². The minimum atomic E-state index is -1.18. The number of halogens is 2. The standard InChI is InChI=1S/C27H24F2N2O4/c1-27(2,3)18-12-15(7-10-21(18)35-4)24(32)22-23(16-6-5-11-30-14-16)31(26(34)25(22)33)20-9-8-17(28)13-19(20)29/h5-14,23,32H,1-4H3/b24-22-. The van der Waals surface area contributed by atoms with Crippen LogP contribution in [0.3, 0.4) is 0 Å². The lowest BCUT2D eigenvalue weighted by molar-refractivity contribution is -0.132. The molecule has 1 N–H and O–H groups in total. The maximum Gasteiger partial charge on any atom is 0.300 e. The number of benzene rings is 2. The van der Waals surface area contributed by atoms with Crippen molar-refractivity contribution in [3.63, 3.8) is 0 Å². The average Bonchev–Trinajstić information content (AvgIpc) is 3.08. The topological polar surface area (TPSA) is 79.7 Å². The van der Waals surface area contributed by atoms with Gasteiger partial charge in [0.05, 0.1) is 24.4 Å². The Morgan fingerprint density at radius 1 is 1.09 bits per heavy atom. The first-order valence-electron chi connectivity index (χ1n) is 10.9. The van der Waals surface area contributed by atoms with E-state index in [9.17, 15) is 23.5 Å². The number of ether oxygens (including phenoxy) is 1. The highest BCUT2D eigenvalue weighted by molar-refractivity contribution is 6.51. The number of ketones is 1. The lowest BCUT2D eigenvalue weighted by Gasteiger charge is -2.26. The van der Waals surface area contributed by atoms with Crippen LogP contribution < -0.4 is 9.64 Å². The van der Waals surface area contributed by atoms with Gasteiger partial charge in [0, 0.05) is 29.6 Å². The van der Waals surface area contributed by atoms with Gasteiger partial charge < -0.3 is 9.84 Å². The quantitative estimate of drug-likeness (QED) is 0.313. The Bertz CT molecular complexity index is 1350. The molecular weight excluding hydrogens is 454 g/mol. The van der Waals surface area contributed by atoms with E-state index in [2.05, 4.69) is 4.98 Å². The van der Waals surface area contributed by atoms with Gasteiger partial charge in [0.2, 0.25) is 0 Å². The van der Waals surface area contributed by atoms with Gasteiger partial charge in [0.25, 0.3) is 11.7 Å². The molecule has 0 radical (unpaired) electrons. The van der Waals surface area contributed by atoms with E-state index < -0.39 is 35.1 Å². The van der Waals surface area contributed by atoms with Crippen molar-refractivity contribution in [2.75, 3.05) is 12.0 Å². The van der Waals surface area contributed by atoms with Gasteiger partial charge in [-0.05, 0) is 47.4 Å². The van der Waals surface area contributed by atoms with Crippen molar-refractivity contribution in [1.29, 1.82) is 0 Å². The van der Waals surface area contributed by atoms with Gasteiger partial charge in [-0.15, -0.1) is 0 Å². The summed E-state index contributed by atoms with van der Waals surface area (Å²) in [6, 6.07) is 9.70. The highest BCUT2D eigenvalue weighted by Gasteiger charge is 2.48. The van der Waals surface area contributed by atoms with Crippen LogP contribution in [0.4, 0.5) is 14.5 Å². The zero-order chi connectivity index (χ0) is 25.5. The number of amides is 1. The van der Waals surface area contributed by atoms with Gasteiger partial charge in [0.1, 0.15) is 23.1 Å². The first-order chi connectivity index (χ1) is 16.5. The molecule has 0 aliphatic carbocycles. The molecule has 1 aromatic heterocycles. The highest BCUT2D eigenvalue weighted by atomic mass is 19.1. The van der Waals surface area contributed by atoms with Crippen LogP contribution in [-0.4, -0.2) is 28.9 Å². The monoisotopic (exact) mass is 478 g/mol. The van der Waals surface area contributed by atoms with Crippen LogP contribution in [0.2, 0.25) is 0 Å². The van der Waals surface area contributed by atoms with Crippen LogP contribution in [0.1, 0.15) is 43.5 Å². The summed E-state index contributed by atoms with van der Waals surface area (Å²) in [4.78, 5) is 31.3. The molecular formula is C27H24F2N2O4. The molecule has 1 fully saturated rings. The molecule has 0 saturated carbocycles. The van der Waals surface area contributed by atoms with E-state index in [4.69, 9.17) is 4.74 Å². The number of Topliss-reactive ketones (excluding diaryl/α,β-unsaturated/α-hetero) is 1. The maximum absolute atomic E-state index is 14.8. The van der Waals surface area contributed by atoms with Gasteiger partial charge in [0.15, 0.2) is 0 Å². The van der Waals surface area contributed by atoms with E-state index in [-0.39, 0.29) is 16.7 Å². The molecule has 1 unspecified atom stereocenters. The van der Waals surface area contributed by atoms with Crippen LogP contribution in [0.25, 0.3) is 5.76 Å². The fraction of sp³-hybridized carbons (Fsp3) is 0.222. The summed E-state index contributed by atoms with van der Waals surface area (Å²) in [6.07, 6.45) is 2.93. The average molecular weight is 478 g/mol. The van der Waals surface area contributed by atoms with Gasteiger partial charge in [-0.25, -0.2) is 8.78 Å². The van der Waals surface area contributed by atoms with Crippen LogP contribution in [0.15, 0.2) is 66.5 Å². The molecule has 1 saturated heterocycles. The predicted octanol–water partition coefficient (Wildman–Crippen LogP) is 5.29. The summed E-state index contributed by atoms with van der Waals surface area (Å²) in [5.74, 6) is -3.69. The second kappa shape index (κ2) is 8.94. The van der Waals surface area contributed by atoms with Gasteiger partial charge >= 0.3 is 0 Å². The van der Waals surface area contributed by atoms with E-state index in [0.717, 1.165) is 22.6 Å². The largest absolute Gasteiger partial charge is 0.507 e. The Morgan fingerprint density at radius 2 is 1.83 bits per heavy atom. The zero-order valence-corrected chi connectivity index (χ0v) is 19.7. The summed E-state index contributed by atoms with van der Waals surface area (Å²) < 4.78 is 33.8. The molecule has 35 heavy (non-hydrogen) atoms. The Hall–Kier alpha value is -4.07. The summed E-state index contributed by atoms with van der Waals surface area (Å²) in [7, 11) is 1.54. The highest BCUT2D eigenvalue weighted by Crippen LogP contribution is 2.43. The van der Waals surface area contributed by atoms with Crippen molar-refractivity contribution in [1.82, 2.24) is 4.98 Å². The molecule has 180 valence electrons. The Kier molecular flexibility index (Phi) is 6.15. The van der Waals surface area contributed by atoms with Crippen LogP contribution in [0, 0.1) is 11.6 Å². The first kappa shape index (κ1) is 24.1. The molecule has 0 bridgehead atoms. The number of carbonyl (C=O) groups is 2. The number of aliphatic hydroxyl groups is 1. The van der Waals surface area contributed by atoms with Gasteiger partial charge in [-0.3, -0.25) is 19.5 Å². The third kappa shape index (κ3) is 4.27. The van der Waals surface area contributed by atoms with Crippen molar-refractivity contribution in [2.45, 2.75) is 32.2 Å². The van der Waals surface area contributed by atoms with Crippen molar-refractivity contribution >= 4 is 23.1 Å². The van der Waals surface area contributed by atoms with E-state index in [1.165, 1.54) is 19.5 Å². The van der Waals surface area contributed by atoms with Gasteiger partial charge in [-0.2, -0.15) is 0 Å². The Morgan fingerprint density at radius 3 is 2.43 bits per heavy atom. The first-order valence-corrected chi connectivity index (χ1v) is 10.9. The Balaban J connectivity index is 1.97. The number of hydrogen-bond acceptors (Lipinski definition) is 5. The van der Waals surface area contributed by atoms with E-state index in [1.54, 1.807) is 30.3 Å². The molecule has 0 spiro atoms. The minimum Gasteiger partial charge on any atom is -0.507 e. The molecule has 2 heterocycles. The lowest BCUT2D eigenvalue weighted by Crippen LogP contribution is -2.30. The number of pyridine rings is 1. The molecule has 6 nitrogen and oxygen atoms in total. The SMILES string of the molecule is COc1ccc(/C(O)=C2/C(=O)C(=O)N(c3ccc(F)cc3F)C2c2cccnc2)cc1C(C)(C)C. The van der Waals surface area contributed by atoms with Crippen molar-refractivity contribution in [3.05, 3.63) is 94.8 Å². The van der Waals surface area contributed by atoms with Gasteiger partial charge in [-0.1, -0.05) is 26.8 Å². The number of carbonyl (C=O) groups excluding carboxylic acids is 2. The number of aliphatic hydroxyl groups excluding tert-OH is 1. The van der Waals surface area contributed by atoms with Crippen molar-refractivity contribution < 1.29 is 28.2 Å². The lowest BCUT2D eigenvalue weighted by atomic mass is 9.84. The molecule has 3 aromatic rings. The smallest absolute Gasteiger partial charge is 0.300 e. The fourth-order valence-electron chi connectivity index (χ4n) is 4.21. The van der Waals surface area contributed by atoms with E-state index in [1.807, 2.05) is 20.8 Å². The number of methoxy groups -OCH3 is 1. The summed E-state index contributed by atoms with van der Waals surface area (Å²) in [6.45, 7) is 5.92. The van der Waals surface area contributed by atoms with Crippen molar-refractivity contribution in [3.8, 4) is 5.75 Å². The fourth-order valence-corrected chi connectivity index (χ4v) is 4.21. The number of aromatic nitrogens is 1. The number of anilines is 1. The normalized spacial score (nSPS) is 17.7. The molecule has 8 heteroatoms. The molecule has 4 rings (SSSR count). The molecule has 2 aromatic carbocycles. The minimum absolute atomic E-state index is 0.225. The predicted molar refractivity (Wildman–Crippen MR) is 127 cm³/mol. The molecule has 1 atom stereocenters. The van der Waals surface area contributed by atoms with Crippen LogP contribution >= 0.6 is 0 Å². The van der Waals surface area contributed by atoms with E-state index >= 15 is 0 Å². The summed E-state index contributed by atoms with van der Waals surface area (Å²) in [5.41, 5.74) is 0.584. The zero-order valence-electron chi connectivity index (χ0n) is 19.7. The molecule has 1 aliphatic heterocycles. The number of hydrogen-bond donors (Lipinski definition) is 1. The van der Waals surface area contributed by atoms with Crippen molar-refractivity contribution in [2.24, 2.45) is 0 Å². The summed E-state index contributed by atoms with van der Waals surface area (Å²) in [5, 5.41) is 11.3. The third-order valence-electron chi connectivity index (χ3n) is 5.89. The Labute approximate surface area is 201 Å². The maximum atomic E-state index is 14.8. The third-order valence-corrected chi connectivity index (χ3v) is 5.89. The number of rotatable bonds is 4. The summed E-state index contributed by atoms with van der Waals surface area (Å²) >= 11 is 0. The van der Waals surface area contributed by atoms with Crippen LogP contribution in [-0.2, 0) is 15.0 Å². The second-order valence-corrected chi connectivity index (χ2v) is 9.22. The second-order valence-electron chi connectivity index (χ2n) is 9.22. The van der Waals surface area contributed by atoms with Crippen LogP contribution in [0.5, 0.6) is 5.75 Å². The molecule has 1 amide bonds. The molecule has 1 aliphatic rings.